The fraction of sp³-hybridized carbons (Fsp3) is 0.481. The third-order valence-electron chi connectivity index (χ3n) is 5.91. The summed E-state index contributed by atoms with van der Waals surface area (Å²) >= 11 is 0. The molecule has 7 nitrogen and oxygen atoms in total. The van der Waals surface area contributed by atoms with Crippen LogP contribution in [0.5, 0.6) is 0 Å². The molecule has 0 aliphatic rings. The zero-order valence-corrected chi connectivity index (χ0v) is 22.4. The Balaban J connectivity index is 2.21. The van der Waals surface area contributed by atoms with E-state index in [0.717, 1.165) is 23.1 Å². The highest BCUT2D eigenvalue weighted by molar-refractivity contribution is 7.92. The molecule has 0 aliphatic carbocycles. The zero-order valence-electron chi connectivity index (χ0n) is 21.6. The van der Waals surface area contributed by atoms with E-state index in [2.05, 4.69) is 5.32 Å². The minimum absolute atomic E-state index is 0.140. The van der Waals surface area contributed by atoms with Crippen molar-refractivity contribution in [3.05, 3.63) is 65.2 Å². The second-order valence-electron chi connectivity index (χ2n) is 8.95. The van der Waals surface area contributed by atoms with Crippen molar-refractivity contribution in [2.75, 3.05) is 23.7 Å². The van der Waals surface area contributed by atoms with E-state index in [1.165, 1.54) is 10.6 Å². The lowest BCUT2D eigenvalue weighted by molar-refractivity contribution is -0.141. The lowest BCUT2D eigenvalue weighted by atomic mass is 10.1. The van der Waals surface area contributed by atoms with Crippen molar-refractivity contribution in [2.45, 2.75) is 66.0 Å². The largest absolute Gasteiger partial charge is 0.354 e. The van der Waals surface area contributed by atoms with Crippen LogP contribution in [0.1, 0.15) is 56.2 Å². The number of sulfonamides is 1. The maximum Gasteiger partial charge on any atom is 0.242 e. The highest BCUT2D eigenvalue weighted by Gasteiger charge is 2.28. The molecule has 1 N–H and O–H groups in total. The maximum absolute atomic E-state index is 13.4. The molecule has 2 amide bonds. The molecular formula is C27H39N3O4S. The molecule has 8 heteroatoms. The monoisotopic (exact) mass is 501 g/mol. The average molecular weight is 502 g/mol. The van der Waals surface area contributed by atoms with Crippen LogP contribution in [0.3, 0.4) is 0 Å². The summed E-state index contributed by atoms with van der Waals surface area (Å²) in [6.45, 7) is 8.81. The van der Waals surface area contributed by atoms with Crippen molar-refractivity contribution in [3.8, 4) is 0 Å². The standard InChI is InChI=1S/C27H39N3O4S/c1-6-17-28-27(32)24(7-2)29(20-23-14-10-12-21(3)19-23)26(31)16-11-18-30(35(5,33)34)25-15-9-8-13-22(25)4/h8-10,12-15,19,24H,6-7,11,16-18,20H2,1-5H3,(H,28,32). The first kappa shape index (κ1) is 28.4. The quantitative estimate of drug-likeness (QED) is 0.446. The molecule has 1 atom stereocenters. The van der Waals surface area contributed by atoms with E-state index in [1.54, 1.807) is 17.0 Å². The summed E-state index contributed by atoms with van der Waals surface area (Å²) in [7, 11) is -3.51. The summed E-state index contributed by atoms with van der Waals surface area (Å²) < 4.78 is 26.3. The van der Waals surface area contributed by atoms with Crippen LogP contribution in [0.15, 0.2) is 48.5 Å². The number of para-hydroxylation sites is 1. The van der Waals surface area contributed by atoms with E-state index in [4.69, 9.17) is 0 Å². The van der Waals surface area contributed by atoms with Crippen LogP contribution in [0.25, 0.3) is 0 Å². The molecule has 0 aromatic heterocycles. The predicted octanol–water partition coefficient (Wildman–Crippen LogP) is 4.18. The first-order valence-corrected chi connectivity index (χ1v) is 14.1. The van der Waals surface area contributed by atoms with Gasteiger partial charge < -0.3 is 10.2 Å². The van der Waals surface area contributed by atoms with Crippen LogP contribution in [0, 0.1) is 13.8 Å². The van der Waals surface area contributed by atoms with Gasteiger partial charge in [0.2, 0.25) is 21.8 Å². The molecular weight excluding hydrogens is 462 g/mol. The van der Waals surface area contributed by atoms with Gasteiger partial charge in [0.1, 0.15) is 6.04 Å². The van der Waals surface area contributed by atoms with Gasteiger partial charge in [-0.1, -0.05) is 61.9 Å². The van der Waals surface area contributed by atoms with E-state index >= 15 is 0 Å². The molecule has 2 aromatic rings. The van der Waals surface area contributed by atoms with E-state index in [1.807, 2.05) is 64.1 Å². The number of nitrogens with zero attached hydrogens (tertiary/aromatic N) is 2. The molecule has 0 aliphatic heterocycles. The number of benzene rings is 2. The van der Waals surface area contributed by atoms with Crippen LogP contribution in [-0.2, 0) is 26.2 Å². The van der Waals surface area contributed by atoms with Gasteiger partial charge in [0, 0.05) is 26.1 Å². The number of hydrogen-bond acceptors (Lipinski definition) is 4. The van der Waals surface area contributed by atoms with Gasteiger partial charge in [0.05, 0.1) is 11.9 Å². The molecule has 0 saturated carbocycles. The normalized spacial score (nSPS) is 12.1. The maximum atomic E-state index is 13.4. The molecule has 35 heavy (non-hydrogen) atoms. The Kier molecular flexibility index (Phi) is 10.8. The van der Waals surface area contributed by atoms with Crippen LogP contribution < -0.4 is 9.62 Å². The van der Waals surface area contributed by atoms with Crippen molar-refractivity contribution in [1.82, 2.24) is 10.2 Å². The van der Waals surface area contributed by atoms with Gasteiger partial charge in [0.25, 0.3) is 0 Å². The number of carbonyl (C=O) groups is 2. The Morgan fingerprint density at radius 3 is 2.34 bits per heavy atom. The van der Waals surface area contributed by atoms with Crippen LogP contribution in [0.4, 0.5) is 5.69 Å². The minimum atomic E-state index is -3.51. The molecule has 0 spiro atoms. The number of hydrogen-bond donors (Lipinski definition) is 1. The fourth-order valence-electron chi connectivity index (χ4n) is 4.12. The number of nitrogens with one attached hydrogen (secondary N) is 1. The third-order valence-corrected chi connectivity index (χ3v) is 7.09. The predicted molar refractivity (Wildman–Crippen MR) is 142 cm³/mol. The zero-order chi connectivity index (χ0) is 26.0. The van der Waals surface area contributed by atoms with Crippen molar-refractivity contribution in [1.29, 1.82) is 0 Å². The fourth-order valence-corrected chi connectivity index (χ4v) is 5.14. The number of anilines is 1. The molecule has 2 rings (SSSR count). The lowest BCUT2D eigenvalue weighted by Gasteiger charge is -2.31. The van der Waals surface area contributed by atoms with Crippen LogP contribution in [0.2, 0.25) is 0 Å². The molecule has 2 aromatic carbocycles. The number of amides is 2. The number of carbonyl (C=O) groups excluding carboxylic acids is 2. The summed E-state index contributed by atoms with van der Waals surface area (Å²) in [5, 5.41) is 2.92. The average Bonchev–Trinajstić information content (AvgIpc) is 2.80. The van der Waals surface area contributed by atoms with E-state index in [9.17, 15) is 18.0 Å². The topological polar surface area (TPSA) is 86.8 Å². The summed E-state index contributed by atoms with van der Waals surface area (Å²) in [5.41, 5.74) is 3.51. The molecule has 0 bridgehead atoms. The molecule has 0 saturated heterocycles. The second-order valence-corrected chi connectivity index (χ2v) is 10.9. The summed E-state index contributed by atoms with van der Waals surface area (Å²) in [6, 6.07) is 14.6. The highest BCUT2D eigenvalue weighted by atomic mass is 32.2. The Morgan fingerprint density at radius 2 is 1.74 bits per heavy atom. The van der Waals surface area contributed by atoms with Gasteiger partial charge in [-0.2, -0.15) is 0 Å². The van der Waals surface area contributed by atoms with Gasteiger partial charge in [0.15, 0.2) is 0 Å². The Bertz CT molecular complexity index is 1100. The lowest BCUT2D eigenvalue weighted by Crippen LogP contribution is -2.49. The van der Waals surface area contributed by atoms with E-state index < -0.39 is 16.1 Å². The SMILES string of the molecule is CCCNC(=O)C(CC)N(Cc1cccc(C)c1)C(=O)CCCN(c1ccccc1C)S(C)(=O)=O. The van der Waals surface area contributed by atoms with Gasteiger partial charge >= 0.3 is 0 Å². The van der Waals surface area contributed by atoms with E-state index in [-0.39, 0.29) is 24.8 Å². The minimum Gasteiger partial charge on any atom is -0.354 e. The van der Waals surface area contributed by atoms with Crippen LogP contribution in [-0.4, -0.2) is 50.5 Å². The Hall–Kier alpha value is -2.87. The van der Waals surface area contributed by atoms with Gasteiger partial charge in [-0.05, 0) is 50.3 Å². The van der Waals surface area contributed by atoms with Crippen molar-refractivity contribution >= 4 is 27.5 Å². The van der Waals surface area contributed by atoms with Crippen molar-refractivity contribution in [3.63, 3.8) is 0 Å². The molecule has 0 radical (unpaired) electrons. The second kappa shape index (κ2) is 13.3. The number of rotatable bonds is 13. The molecule has 192 valence electrons. The first-order valence-electron chi connectivity index (χ1n) is 12.2. The Morgan fingerprint density at radius 1 is 1.03 bits per heavy atom. The third kappa shape index (κ3) is 8.38. The van der Waals surface area contributed by atoms with Crippen molar-refractivity contribution < 1.29 is 18.0 Å². The van der Waals surface area contributed by atoms with Gasteiger partial charge in [-0.15, -0.1) is 0 Å². The molecule has 0 fully saturated rings. The smallest absolute Gasteiger partial charge is 0.242 e. The van der Waals surface area contributed by atoms with Crippen molar-refractivity contribution in [2.24, 2.45) is 0 Å². The molecule has 1 unspecified atom stereocenters. The van der Waals surface area contributed by atoms with Crippen LogP contribution >= 0.6 is 0 Å². The van der Waals surface area contributed by atoms with Gasteiger partial charge in [-0.3, -0.25) is 13.9 Å². The summed E-state index contributed by atoms with van der Waals surface area (Å²) in [4.78, 5) is 27.9. The van der Waals surface area contributed by atoms with Gasteiger partial charge in [-0.25, -0.2) is 8.42 Å². The van der Waals surface area contributed by atoms with E-state index in [0.29, 0.717) is 31.6 Å². The number of aryl methyl sites for hydroxylation is 2. The Labute approximate surface area is 210 Å². The molecule has 0 heterocycles. The first-order chi connectivity index (χ1) is 16.6. The summed E-state index contributed by atoms with van der Waals surface area (Å²) in [5.74, 6) is -0.323. The highest BCUT2D eigenvalue weighted by Crippen LogP contribution is 2.23. The summed E-state index contributed by atoms with van der Waals surface area (Å²) in [6.07, 6.45) is 2.97.